The van der Waals surface area contributed by atoms with Crippen LogP contribution in [0.4, 0.5) is 0 Å². The van der Waals surface area contributed by atoms with E-state index < -0.39 is 0 Å². The monoisotopic (exact) mass is 380 g/mol. The topological polar surface area (TPSA) is 50.2 Å². The predicted octanol–water partition coefficient (Wildman–Crippen LogP) is 2.62. The lowest BCUT2D eigenvalue weighted by atomic mass is 9.93. The number of thiophene rings is 1. The van der Waals surface area contributed by atoms with Crippen LogP contribution in [0.25, 0.3) is 0 Å². The zero-order chi connectivity index (χ0) is 16.6. The molecule has 1 unspecified atom stereocenters. The molecule has 7 heteroatoms. The summed E-state index contributed by atoms with van der Waals surface area (Å²) in [6, 6.07) is 4.44. The van der Waals surface area contributed by atoms with Crippen LogP contribution >= 0.6 is 23.7 Å². The highest BCUT2D eigenvalue weighted by molar-refractivity contribution is 7.10. The number of rotatable bonds is 5. The van der Waals surface area contributed by atoms with Gasteiger partial charge in [-0.25, -0.2) is 4.98 Å². The van der Waals surface area contributed by atoms with E-state index in [4.69, 9.17) is 0 Å². The van der Waals surface area contributed by atoms with Crippen molar-refractivity contribution in [3.8, 4) is 0 Å². The van der Waals surface area contributed by atoms with Gasteiger partial charge in [0.25, 0.3) is 0 Å². The van der Waals surface area contributed by atoms with Crippen LogP contribution in [0, 0.1) is 5.41 Å². The molecule has 1 N–H and O–H groups in total. The first-order valence-electron chi connectivity index (χ1n) is 8.67. The fourth-order valence-corrected chi connectivity index (χ4v) is 4.66. The van der Waals surface area contributed by atoms with Gasteiger partial charge in [0.1, 0.15) is 5.82 Å². The van der Waals surface area contributed by atoms with Crippen LogP contribution < -0.4 is 5.32 Å². The Morgan fingerprint density at radius 2 is 2.28 bits per heavy atom. The summed E-state index contributed by atoms with van der Waals surface area (Å²) in [7, 11) is 2.00. The molecule has 2 aliphatic rings. The minimum atomic E-state index is 0. The number of aromatic nitrogens is 2. The molecule has 1 saturated heterocycles. The Morgan fingerprint density at radius 1 is 1.48 bits per heavy atom. The van der Waals surface area contributed by atoms with E-state index in [0.717, 1.165) is 30.2 Å². The molecule has 2 fully saturated rings. The first-order valence-corrected chi connectivity index (χ1v) is 9.55. The minimum Gasteiger partial charge on any atom is -0.337 e. The summed E-state index contributed by atoms with van der Waals surface area (Å²) in [4.78, 5) is 20.7. The van der Waals surface area contributed by atoms with Gasteiger partial charge >= 0.3 is 0 Å². The number of hydrogen-bond donors (Lipinski definition) is 1. The smallest absolute Gasteiger partial charge is 0.228 e. The van der Waals surface area contributed by atoms with Crippen LogP contribution in [-0.4, -0.2) is 39.5 Å². The average molecular weight is 381 g/mol. The summed E-state index contributed by atoms with van der Waals surface area (Å²) >= 11 is 1.66. The Hall–Kier alpha value is -1.37. The number of imidazole rings is 1. The summed E-state index contributed by atoms with van der Waals surface area (Å²) in [6.45, 7) is 2.77. The SMILES string of the molecule is Cl.Cn1ccnc1CN(C(=O)Cc1cccs1)C1CC12CCNCC2. The first-order chi connectivity index (χ1) is 11.7. The van der Waals surface area contributed by atoms with Crippen LogP contribution in [0.15, 0.2) is 29.9 Å². The quantitative estimate of drug-likeness (QED) is 0.867. The zero-order valence-electron chi connectivity index (χ0n) is 14.5. The summed E-state index contributed by atoms with van der Waals surface area (Å²) < 4.78 is 2.02. The lowest BCUT2D eigenvalue weighted by molar-refractivity contribution is -0.132. The van der Waals surface area contributed by atoms with E-state index in [0.29, 0.717) is 24.4 Å². The van der Waals surface area contributed by atoms with Crippen molar-refractivity contribution in [1.29, 1.82) is 0 Å². The molecule has 136 valence electrons. The van der Waals surface area contributed by atoms with Gasteiger partial charge in [-0.2, -0.15) is 0 Å². The van der Waals surface area contributed by atoms with E-state index in [2.05, 4.69) is 21.3 Å². The molecule has 1 aliphatic heterocycles. The van der Waals surface area contributed by atoms with Gasteiger partial charge in [-0.05, 0) is 49.2 Å². The molecule has 1 atom stereocenters. The van der Waals surface area contributed by atoms with Gasteiger partial charge in [0.15, 0.2) is 0 Å². The normalized spacial score (nSPS) is 20.9. The Labute approximate surface area is 158 Å². The number of hydrogen-bond acceptors (Lipinski definition) is 4. The molecular weight excluding hydrogens is 356 g/mol. The third-order valence-electron chi connectivity index (χ3n) is 5.58. The van der Waals surface area contributed by atoms with Crippen LogP contribution in [0.1, 0.15) is 30.0 Å². The molecule has 1 aliphatic carbocycles. The van der Waals surface area contributed by atoms with E-state index in [9.17, 15) is 4.79 Å². The molecule has 1 spiro atoms. The number of carbonyl (C=O) groups is 1. The summed E-state index contributed by atoms with van der Waals surface area (Å²) in [5.74, 6) is 1.20. The molecule has 0 radical (unpaired) electrons. The van der Waals surface area contributed by atoms with Crippen LogP contribution in [-0.2, 0) is 24.8 Å². The molecule has 4 rings (SSSR count). The largest absolute Gasteiger partial charge is 0.337 e. The lowest BCUT2D eigenvalue weighted by Gasteiger charge is -2.29. The van der Waals surface area contributed by atoms with Crippen molar-refractivity contribution in [2.24, 2.45) is 12.5 Å². The van der Waals surface area contributed by atoms with Crippen molar-refractivity contribution in [2.75, 3.05) is 13.1 Å². The van der Waals surface area contributed by atoms with Crippen molar-refractivity contribution in [3.05, 3.63) is 40.6 Å². The molecule has 0 aromatic carbocycles. The highest BCUT2D eigenvalue weighted by Crippen LogP contribution is 2.56. The second-order valence-electron chi connectivity index (χ2n) is 7.06. The molecule has 1 amide bonds. The van der Waals surface area contributed by atoms with Gasteiger partial charge in [0.2, 0.25) is 5.91 Å². The van der Waals surface area contributed by atoms with Gasteiger partial charge in [-0.1, -0.05) is 6.07 Å². The van der Waals surface area contributed by atoms with Crippen molar-refractivity contribution in [3.63, 3.8) is 0 Å². The van der Waals surface area contributed by atoms with E-state index >= 15 is 0 Å². The maximum absolute atomic E-state index is 13.0. The highest BCUT2D eigenvalue weighted by atomic mass is 35.5. The molecule has 2 aromatic heterocycles. The molecule has 2 aromatic rings. The van der Waals surface area contributed by atoms with E-state index in [-0.39, 0.29) is 18.3 Å². The van der Waals surface area contributed by atoms with Crippen LogP contribution in [0.5, 0.6) is 0 Å². The minimum absolute atomic E-state index is 0. The van der Waals surface area contributed by atoms with Crippen molar-refractivity contribution in [2.45, 2.75) is 38.3 Å². The lowest BCUT2D eigenvalue weighted by Crippen LogP contribution is -2.40. The second kappa shape index (κ2) is 7.48. The fraction of sp³-hybridized carbons (Fsp3) is 0.556. The standard InChI is InChI=1S/C18H24N4OS.ClH/c1-21-9-8-20-16(21)13-22(17(23)11-14-3-2-10-24-14)15-12-18(15)4-6-19-7-5-18;/h2-3,8-10,15,19H,4-7,11-13H2,1H3;1H. The molecule has 5 nitrogen and oxygen atoms in total. The summed E-state index contributed by atoms with van der Waals surface area (Å²) in [6.07, 6.45) is 7.78. The van der Waals surface area contributed by atoms with E-state index in [1.807, 2.05) is 35.5 Å². The average Bonchev–Trinajstić information content (AvgIpc) is 2.95. The number of nitrogens with zero attached hydrogens (tertiary/aromatic N) is 3. The first kappa shape index (κ1) is 18.4. The van der Waals surface area contributed by atoms with Gasteiger partial charge in [0.05, 0.1) is 13.0 Å². The highest BCUT2D eigenvalue weighted by Gasteiger charge is 2.57. The number of piperidine rings is 1. The molecule has 3 heterocycles. The van der Waals surface area contributed by atoms with E-state index in [1.54, 1.807) is 11.3 Å². The zero-order valence-corrected chi connectivity index (χ0v) is 16.1. The van der Waals surface area contributed by atoms with Gasteiger partial charge in [-0.15, -0.1) is 23.7 Å². The third-order valence-corrected chi connectivity index (χ3v) is 6.46. The maximum Gasteiger partial charge on any atom is 0.228 e. The number of carbonyl (C=O) groups excluding carboxylic acids is 1. The Kier molecular flexibility index (Phi) is 5.51. The maximum atomic E-state index is 13.0. The number of nitrogens with one attached hydrogen (secondary N) is 1. The molecule has 25 heavy (non-hydrogen) atoms. The van der Waals surface area contributed by atoms with Crippen LogP contribution in [0.3, 0.4) is 0 Å². The number of aryl methyl sites for hydroxylation is 1. The predicted molar refractivity (Wildman–Crippen MR) is 102 cm³/mol. The Balaban J connectivity index is 0.00000182. The Morgan fingerprint density at radius 3 is 2.92 bits per heavy atom. The number of amides is 1. The molecule has 1 saturated carbocycles. The Bertz CT molecular complexity index is 708. The number of halogens is 1. The van der Waals surface area contributed by atoms with Crippen LogP contribution in [0.2, 0.25) is 0 Å². The van der Waals surface area contributed by atoms with Crippen molar-refractivity contribution in [1.82, 2.24) is 19.8 Å². The van der Waals surface area contributed by atoms with Crippen molar-refractivity contribution < 1.29 is 4.79 Å². The fourth-order valence-electron chi connectivity index (χ4n) is 3.97. The van der Waals surface area contributed by atoms with E-state index in [1.165, 1.54) is 12.8 Å². The van der Waals surface area contributed by atoms with Gasteiger partial charge in [-0.3, -0.25) is 4.79 Å². The second-order valence-corrected chi connectivity index (χ2v) is 8.10. The van der Waals surface area contributed by atoms with Gasteiger partial charge < -0.3 is 14.8 Å². The van der Waals surface area contributed by atoms with Gasteiger partial charge in [0, 0.05) is 30.4 Å². The summed E-state index contributed by atoms with van der Waals surface area (Å²) in [5, 5.41) is 5.48. The molecule has 0 bridgehead atoms. The molecular formula is C18H25ClN4OS. The summed E-state index contributed by atoms with van der Waals surface area (Å²) in [5.41, 5.74) is 0.349. The third kappa shape index (κ3) is 3.76. The van der Waals surface area contributed by atoms with Crippen molar-refractivity contribution >= 4 is 29.7 Å².